The predicted octanol–water partition coefficient (Wildman–Crippen LogP) is 4.92. The fourth-order valence-electron chi connectivity index (χ4n) is 1.83. The van der Waals surface area contributed by atoms with E-state index >= 15 is 0 Å². The molecule has 128 valence electrons. The molecule has 0 bridgehead atoms. The Morgan fingerprint density at radius 1 is 1.43 bits per heavy atom. The first-order valence-corrected chi connectivity index (χ1v) is 8.62. The van der Waals surface area contributed by atoms with Crippen molar-refractivity contribution in [1.82, 2.24) is 4.98 Å². The zero-order valence-corrected chi connectivity index (χ0v) is 16.0. The van der Waals surface area contributed by atoms with Gasteiger partial charge in [0.1, 0.15) is 15.6 Å². The second-order valence-corrected chi connectivity index (χ2v) is 7.26. The number of amides is 1. The van der Waals surface area contributed by atoms with Crippen LogP contribution in [0.3, 0.4) is 0 Å². The molecule has 1 aromatic rings. The molecule has 23 heavy (non-hydrogen) atoms. The Morgan fingerprint density at radius 3 is 2.61 bits per heavy atom. The number of allylic oxidation sites excluding steroid dienone is 1. The summed E-state index contributed by atoms with van der Waals surface area (Å²) >= 11 is 1.49. The van der Waals surface area contributed by atoms with Crippen molar-refractivity contribution in [3.63, 3.8) is 0 Å². The minimum Gasteiger partial charge on any atom is -0.443 e. The van der Waals surface area contributed by atoms with Gasteiger partial charge in [-0.2, -0.15) is 0 Å². The van der Waals surface area contributed by atoms with Gasteiger partial charge in [-0.3, -0.25) is 9.89 Å². The fourth-order valence-corrected chi connectivity index (χ4v) is 2.86. The van der Waals surface area contributed by atoms with Crippen LogP contribution in [-0.4, -0.2) is 29.9 Å². The maximum absolute atomic E-state index is 12.3. The lowest BCUT2D eigenvalue weighted by Gasteiger charge is -2.24. The smallest absolute Gasteiger partial charge is 0.415 e. The molecule has 1 heterocycles. The van der Waals surface area contributed by atoms with Crippen molar-refractivity contribution >= 4 is 34.2 Å². The second kappa shape index (κ2) is 8.24. The Bertz CT molecular complexity index is 597. The number of anilines is 1. The summed E-state index contributed by atoms with van der Waals surface area (Å²) in [6.45, 7) is 11.5. The van der Waals surface area contributed by atoms with E-state index in [1.165, 1.54) is 11.3 Å². The first-order chi connectivity index (χ1) is 10.7. The van der Waals surface area contributed by atoms with E-state index < -0.39 is 5.60 Å². The van der Waals surface area contributed by atoms with Crippen LogP contribution in [0.25, 0.3) is 5.57 Å². The number of rotatable bonds is 5. The summed E-state index contributed by atoms with van der Waals surface area (Å²) < 4.78 is 5.45. The number of aliphatic imine (C=N–C) groups is 1. The van der Waals surface area contributed by atoms with Crippen LogP contribution in [0.15, 0.2) is 11.2 Å². The highest BCUT2D eigenvalue weighted by Crippen LogP contribution is 2.33. The molecule has 0 aliphatic carbocycles. The molecule has 0 aliphatic heterocycles. The van der Waals surface area contributed by atoms with Crippen LogP contribution in [0.2, 0.25) is 0 Å². The van der Waals surface area contributed by atoms with Crippen molar-refractivity contribution in [3.8, 4) is 0 Å². The minimum atomic E-state index is -0.518. The van der Waals surface area contributed by atoms with Gasteiger partial charge in [-0.05, 0) is 41.0 Å². The van der Waals surface area contributed by atoms with E-state index in [0.29, 0.717) is 0 Å². The lowest BCUT2D eigenvalue weighted by molar-refractivity contribution is 0.0590. The molecule has 1 aromatic heterocycles. The summed E-state index contributed by atoms with van der Waals surface area (Å²) in [7, 11) is 1.73. The molecular formula is C17H27N3O2S. The number of carbonyl (C=O) groups excluding carboxylic acids is 1. The van der Waals surface area contributed by atoms with Crippen molar-refractivity contribution in [2.45, 2.75) is 60.0 Å². The van der Waals surface area contributed by atoms with E-state index in [2.05, 4.69) is 16.9 Å². The van der Waals surface area contributed by atoms with E-state index in [1.807, 2.05) is 34.6 Å². The van der Waals surface area contributed by atoms with Crippen LogP contribution >= 0.6 is 11.3 Å². The van der Waals surface area contributed by atoms with Crippen LogP contribution < -0.4 is 4.90 Å². The first kappa shape index (κ1) is 19.4. The van der Waals surface area contributed by atoms with E-state index in [0.717, 1.165) is 34.1 Å². The van der Waals surface area contributed by atoms with Gasteiger partial charge in [0.2, 0.25) is 0 Å². The topological polar surface area (TPSA) is 54.8 Å². The summed E-state index contributed by atoms with van der Waals surface area (Å²) in [5.41, 5.74) is 1.39. The molecule has 0 saturated carbocycles. The largest absolute Gasteiger partial charge is 0.443 e. The van der Waals surface area contributed by atoms with Gasteiger partial charge in [0.25, 0.3) is 0 Å². The van der Waals surface area contributed by atoms with Gasteiger partial charge in [0, 0.05) is 25.0 Å². The average molecular weight is 337 g/mol. The van der Waals surface area contributed by atoms with Crippen molar-refractivity contribution < 1.29 is 9.53 Å². The van der Waals surface area contributed by atoms with Crippen LogP contribution in [0.5, 0.6) is 0 Å². The summed E-state index contributed by atoms with van der Waals surface area (Å²) in [5, 5.41) is 1.72. The number of hydrogen-bond acceptors (Lipinski definition) is 5. The number of ether oxygens (including phenoxy) is 1. The number of carbonyl (C=O) groups is 1. The molecule has 0 aliphatic rings. The van der Waals surface area contributed by atoms with Gasteiger partial charge < -0.3 is 4.74 Å². The lowest BCUT2D eigenvalue weighted by atomic mass is 10.2. The van der Waals surface area contributed by atoms with E-state index in [4.69, 9.17) is 4.74 Å². The normalized spacial score (nSPS) is 12.7. The third-order valence-corrected chi connectivity index (χ3v) is 4.20. The van der Waals surface area contributed by atoms with Crippen molar-refractivity contribution in [3.05, 3.63) is 16.9 Å². The quantitative estimate of drug-likeness (QED) is 0.717. The molecule has 0 radical (unpaired) electrons. The third-order valence-electron chi connectivity index (χ3n) is 2.89. The molecule has 0 fully saturated rings. The molecule has 5 nitrogen and oxygen atoms in total. The van der Waals surface area contributed by atoms with Gasteiger partial charge in [0.15, 0.2) is 0 Å². The van der Waals surface area contributed by atoms with Gasteiger partial charge in [-0.1, -0.05) is 24.7 Å². The summed E-state index contributed by atoms with van der Waals surface area (Å²) in [6, 6.07) is 0. The molecule has 0 N–H and O–H groups in total. The number of aromatic nitrogens is 1. The highest BCUT2D eigenvalue weighted by Gasteiger charge is 2.24. The molecule has 0 aromatic carbocycles. The molecule has 0 saturated heterocycles. The number of aryl methyl sites for hydroxylation is 1. The van der Waals surface area contributed by atoms with Gasteiger partial charge in [-0.25, -0.2) is 9.78 Å². The average Bonchev–Trinajstić information content (AvgIpc) is 2.86. The highest BCUT2D eigenvalue weighted by atomic mass is 32.1. The molecule has 1 amide bonds. The Balaban J connectivity index is 3.13. The molecule has 6 heteroatoms. The van der Waals surface area contributed by atoms with Crippen molar-refractivity contribution in [2.75, 3.05) is 11.9 Å². The zero-order valence-electron chi connectivity index (χ0n) is 15.1. The lowest BCUT2D eigenvalue weighted by Crippen LogP contribution is -2.34. The number of thiazole rings is 1. The maximum Gasteiger partial charge on any atom is 0.415 e. The second-order valence-electron chi connectivity index (χ2n) is 6.28. The van der Waals surface area contributed by atoms with Crippen LogP contribution in [0.4, 0.5) is 9.80 Å². The number of hydrogen-bond donors (Lipinski definition) is 0. The monoisotopic (exact) mass is 337 g/mol. The molecular weight excluding hydrogens is 310 g/mol. The summed E-state index contributed by atoms with van der Waals surface area (Å²) in [4.78, 5) is 22.7. The zero-order chi connectivity index (χ0) is 17.6. The minimum absolute atomic E-state index is 0.363. The first-order valence-electron chi connectivity index (χ1n) is 7.81. The van der Waals surface area contributed by atoms with E-state index in [9.17, 15) is 4.79 Å². The SMILES string of the molecule is CC=N/C=C(\C)c1nc(CCC)c(N(C)C(=O)OC(C)(C)C)s1. The van der Waals surface area contributed by atoms with Crippen LogP contribution in [0, 0.1) is 0 Å². The summed E-state index contributed by atoms with van der Waals surface area (Å²) in [5.74, 6) is 0. The Morgan fingerprint density at radius 2 is 2.09 bits per heavy atom. The molecule has 1 rings (SSSR count). The molecule has 0 atom stereocenters. The van der Waals surface area contributed by atoms with Gasteiger partial charge in [-0.15, -0.1) is 0 Å². The van der Waals surface area contributed by atoms with Crippen LogP contribution in [0.1, 0.15) is 58.7 Å². The Kier molecular flexibility index (Phi) is 6.94. The standard InChI is InChI=1S/C17H27N3O2S/c1-8-10-13-15(20(7)16(21)22-17(4,5)6)23-14(19-13)12(3)11-18-9-2/h9,11H,8,10H2,1-7H3/b12-11+,18-9?. The predicted molar refractivity (Wildman–Crippen MR) is 98.6 cm³/mol. The van der Waals surface area contributed by atoms with Crippen LogP contribution in [-0.2, 0) is 11.2 Å². The Hall–Kier alpha value is -1.69. The molecule has 0 unspecified atom stereocenters. The maximum atomic E-state index is 12.3. The number of nitrogens with zero attached hydrogens (tertiary/aromatic N) is 3. The Labute approximate surface area is 143 Å². The van der Waals surface area contributed by atoms with E-state index in [-0.39, 0.29) is 6.09 Å². The van der Waals surface area contributed by atoms with Gasteiger partial charge in [0.05, 0.1) is 5.69 Å². The molecule has 0 spiro atoms. The summed E-state index contributed by atoms with van der Waals surface area (Å²) in [6.07, 6.45) is 4.94. The van der Waals surface area contributed by atoms with Crippen molar-refractivity contribution in [1.29, 1.82) is 0 Å². The van der Waals surface area contributed by atoms with Crippen molar-refractivity contribution in [2.24, 2.45) is 4.99 Å². The van der Waals surface area contributed by atoms with Gasteiger partial charge >= 0.3 is 6.09 Å². The fraction of sp³-hybridized carbons (Fsp3) is 0.588. The highest BCUT2D eigenvalue weighted by molar-refractivity contribution is 7.17. The third kappa shape index (κ3) is 5.78. The van der Waals surface area contributed by atoms with E-state index in [1.54, 1.807) is 24.4 Å².